The van der Waals surface area contributed by atoms with Gasteiger partial charge in [0.1, 0.15) is 22.3 Å². The number of nitrogens with zero attached hydrogens (tertiary/aromatic N) is 3. The van der Waals surface area contributed by atoms with Gasteiger partial charge in [-0.15, -0.1) is 0 Å². The number of hydrogen-bond acceptors (Lipinski definition) is 5. The third-order valence-corrected chi connectivity index (χ3v) is 23.9. The van der Waals surface area contributed by atoms with E-state index in [4.69, 9.17) is 8.83 Å². The van der Waals surface area contributed by atoms with Crippen LogP contribution < -0.4 is 31.1 Å². The third-order valence-electron chi connectivity index (χ3n) is 23.9. The summed E-state index contributed by atoms with van der Waals surface area (Å²) in [6.07, 6.45) is 6.24. The maximum absolute atomic E-state index is 7.04. The first-order valence-corrected chi connectivity index (χ1v) is 37.4. The molecule has 0 radical (unpaired) electrons. The lowest BCUT2D eigenvalue weighted by atomic mass is 9.33. The summed E-state index contributed by atoms with van der Waals surface area (Å²) in [5.41, 5.74) is 33.4. The van der Waals surface area contributed by atoms with Crippen LogP contribution in [0, 0.1) is 11.8 Å². The molecule has 4 aliphatic heterocycles. The fourth-order valence-corrected chi connectivity index (χ4v) is 19.6. The quantitative estimate of drug-likeness (QED) is 0.121. The Hall–Kier alpha value is -12.6. The molecular weight excluding hydrogens is 1270 g/mol. The van der Waals surface area contributed by atoms with Crippen LogP contribution in [-0.2, 0) is 0 Å². The van der Waals surface area contributed by atoms with Crippen molar-refractivity contribution in [3.63, 3.8) is 0 Å². The molecule has 6 heteroatoms. The normalized spacial score (nSPS) is 16.9. The van der Waals surface area contributed by atoms with Crippen LogP contribution in [0.25, 0.3) is 133 Å². The van der Waals surface area contributed by atoms with Crippen molar-refractivity contribution < 1.29 is 8.83 Å². The number of rotatable bonds is 11. The van der Waals surface area contributed by atoms with Crippen molar-refractivity contribution in [1.29, 1.82) is 0 Å². The van der Waals surface area contributed by atoms with E-state index in [0.717, 1.165) is 156 Å². The molecule has 5 nitrogen and oxygen atoms in total. The van der Waals surface area contributed by atoms with E-state index in [1.54, 1.807) is 0 Å². The van der Waals surface area contributed by atoms with Crippen molar-refractivity contribution in [2.75, 3.05) is 14.7 Å². The molecule has 496 valence electrons. The second-order valence-corrected chi connectivity index (χ2v) is 29.8. The molecule has 0 unspecified atom stereocenters. The van der Waals surface area contributed by atoms with E-state index in [1.165, 1.54) is 76.7 Å². The van der Waals surface area contributed by atoms with Gasteiger partial charge in [-0.2, -0.15) is 0 Å². The fraction of sp³-hybridized carbons (Fsp3) is 0.0909. The number of piperidine rings is 2. The van der Waals surface area contributed by atoms with E-state index in [1.807, 2.05) is 0 Å². The molecule has 2 aliphatic carbocycles. The second-order valence-electron chi connectivity index (χ2n) is 29.8. The summed E-state index contributed by atoms with van der Waals surface area (Å²) >= 11 is 0. The van der Waals surface area contributed by atoms with Gasteiger partial charge in [0.05, 0.1) is 11.4 Å². The van der Waals surface area contributed by atoms with Crippen LogP contribution in [0.3, 0.4) is 0 Å². The Bertz CT molecular complexity index is 5800. The Morgan fingerprint density at radius 1 is 0.257 bits per heavy atom. The van der Waals surface area contributed by atoms with Gasteiger partial charge >= 0.3 is 0 Å². The molecule has 0 N–H and O–H groups in total. The number of para-hydroxylation sites is 4. The van der Waals surface area contributed by atoms with Gasteiger partial charge in [-0.3, -0.25) is 0 Å². The van der Waals surface area contributed by atoms with Crippen LogP contribution in [0.15, 0.2) is 349 Å². The number of fused-ring (bicyclic) bond motifs is 10. The van der Waals surface area contributed by atoms with Crippen molar-refractivity contribution in [3.05, 3.63) is 340 Å². The highest BCUT2D eigenvalue weighted by atomic mass is 16.3. The Morgan fingerprint density at radius 3 is 0.981 bits per heavy atom. The van der Waals surface area contributed by atoms with Crippen molar-refractivity contribution in [1.82, 2.24) is 0 Å². The molecule has 4 fully saturated rings. The van der Waals surface area contributed by atoms with Crippen molar-refractivity contribution in [3.8, 4) is 89.0 Å². The lowest BCUT2D eigenvalue weighted by Crippen LogP contribution is -2.62. The molecule has 23 rings (SSSR count). The van der Waals surface area contributed by atoms with Crippen LogP contribution in [0.5, 0.6) is 0 Å². The highest BCUT2D eigenvalue weighted by molar-refractivity contribution is 7.00. The molecule has 0 amide bonds. The minimum atomic E-state index is -0.312. The lowest BCUT2D eigenvalue weighted by Gasteiger charge is -2.58. The zero-order valence-electron chi connectivity index (χ0n) is 57.9. The zero-order chi connectivity index (χ0) is 68.8. The van der Waals surface area contributed by atoms with E-state index in [2.05, 4.69) is 354 Å². The summed E-state index contributed by atoms with van der Waals surface area (Å²) < 4.78 is 14.1. The monoisotopic (exact) mass is 1340 g/mol. The molecule has 2 aromatic heterocycles. The molecule has 17 aromatic rings. The molecule has 6 heterocycles. The van der Waals surface area contributed by atoms with Crippen molar-refractivity contribution in [2.45, 2.75) is 44.2 Å². The van der Waals surface area contributed by atoms with Crippen molar-refractivity contribution in [2.24, 2.45) is 11.8 Å². The van der Waals surface area contributed by atoms with Gasteiger partial charge in [0.2, 0.25) is 0 Å². The molecule has 6 aliphatic rings. The predicted octanol–water partition coefficient (Wildman–Crippen LogP) is 24.7. The van der Waals surface area contributed by atoms with Crippen LogP contribution in [0.4, 0.5) is 39.8 Å². The summed E-state index contributed by atoms with van der Waals surface area (Å²) in [4.78, 5) is 8.43. The Kier molecular flexibility index (Phi) is 13.7. The molecule has 15 aromatic carbocycles. The van der Waals surface area contributed by atoms with E-state index in [9.17, 15) is 0 Å². The predicted molar refractivity (Wildman–Crippen MR) is 439 cm³/mol. The summed E-state index contributed by atoms with van der Waals surface area (Å²) in [6.45, 7) is -0.312. The van der Waals surface area contributed by atoms with E-state index < -0.39 is 0 Å². The molecule has 0 atom stereocenters. The van der Waals surface area contributed by atoms with Crippen molar-refractivity contribution >= 4 is 107 Å². The van der Waals surface area contributed by atoms with Gasteiger partial charge in [0, 0.05) is 95.4 Å². The van der Waals surface area contributed by atoms with E-state index >= 15 is 0 Å². The van der Waals surface area contributed by atoms with Crippen LogP contribution >= 0.6 is 0 Å². The molecule has 0 spiro atoms. The highest BCUT2D eigenvalue weighted by Crippen LogP contribution is 2.58. The molecule has 2 saturated carbocycles. The van der Waals surface area contributed by atoms with Gasteiger partial charge in [-0.05, 0) is 177 Å². The van der Waals surface area contributed by atoms with Gasteiger partial charge in [0.15, 0.2) is 0 Å². The number of hydrogen-bond donors (Lipinski definition) is 0. The standard InChI is InChI=1S/C99H70BN3O2/c1-7-25-64(26-8-1)72-54-83(66-29-11-3-12-30-66)96(84(55-72)67-31-13-4-14-32-67)102-89-47-45-70(77-39-23-41-81-79-37-19-21-43-93(79)104-98(77)81)58-87(89)100-88-59-71(78-40-24-42-82-80-38-20-22-44-94(80)105-99(78)82)46-48-90(88)103(92-61-76(60-91(102)95(92)100)101-74-50-62-49-63(52-74)53-75(101)51-62)97-85(68-33-15-5-16-34-68)56-73(65-27-9-2-10-28-65)57-86(97)69-35-17-6-18-36-69/h1-48,54-63,74-75H,49-53H2. The Morgan fingerprint density at radius 2 is 0.600 bits per heavy atom. The Balaban J connectivity index is 0.918. The van der Waals surface area contributed by atoms with Crippen LogP contribution in [-0.4, -0.2) is 18.8 Å². The SMILES string of the molecule is c1ccc(-c2cc(-c3ccccc3)c(N3c4ccc(-c5cccc6c5oc5ccccc56)cc4B4c5cc(-c6cccc7c6oc6ccccc67)ccc5N(c5c(-c6ccccc6)cc(-c6ccccc6)cc5-c5ccccc5)c5cc(N6C7CC8CC(C7)CC6C8)cc3c54)c(-c3ccccc3)c2)cc1. The molecule has 4 bridgehead atoms. The van der Waals surface area contributed by atoms with Crippen LogP contribution in [0.1, 0.15) is 32.1 Å². The zero-order valence-corrected chi connectivity index (χ0v) is 57.9. The molecular formula is C99H70BN3O2. The molecule has 105 heavy (non-hydrogen) atoms. The second kappa shape index (κ2) is 24.0. The summed E-state index contributed by atoms with van der Waals surface area (Å²) in [7, 11) is 0. The number of furan rings is 2. The summed E-state index contributed by atoms with van der Waals surface area (Å²) in [5, 5.41) is 4.42. The first-order chi connectivity index (χ1) is 52.0. The maximum atomic E-state index is 7.04. The average Bonchev–Trinajstić information content (AvgIpc) is 1.10. The maximum Gasteiger partial charge on any atom is 0.252 e. The van der Waals surface area contributed by atoms with Gasteiger partial charge in [-0.1, -0.05) is 279 Å². The number of benzene rings is 15. The fourth-order valence-electron chi connectivity index (χ4n) is 19.6. The highest BCUT2D eigenvalue weighted by Gasteiger charge is 2.50. The largest absolute Gasteiger partial charge is 0.455 e. The van der Waals surface area contributed by atoms with E-state index in [0.29, 0.717) is 12.1 Å². The molecule has 2 saturated heterocycles. The minimum Gasteiger partial charge on any atom is -0.455 e. The van der Waals surface area contributed by atoms with Gasteiger partial charge in [0.25, 0.3) is 6.71 Å². The van der Waals surface area contributed by atoms with E-state index in [-0.39, 0.29) is 6.71 Å². The first kappa shape index (κ1) is 60.0. The summed E-state index contributed by atoms with van der Waals surface area (Å²) in [6, 6.07) is 128. The Labute approximate surface area is 611 Å². The smallest absolute Gasteiger partial charge is 0.252 e. The first-order valence-electron chi connectivity index (χ1n) is 37.4. The lowest BCUT2D eigenvalue weighted by molar-refractivity contribution is 0.0900. The van der Waals surface area contributed by atoms with Crippen LogP contribution in [0.2, 0.25) is 0 Å². The summed E-state index contributed by atoms with van der Waals surface area (Å²) in [5.74, 6) is 1.51. The van der Waals surface area contributed by atoms with Gasteiger partial charge in [-0.25, -0.2) is 0 Å². The number of anilines is 7. The average molecular weight is 1340 g/mol. The third kappa shape index (κ3) is 9.62. The minimum absolute atomic E-state index is 0.312. The van der Waals surface area contributed by atoms with Gasteiger partial charge < -0.3 is 23.5 Å². The topological polar surface area (TPSA) is 36.0 Å².